The van der Waals surface area contributed by atoms with Crippen molar-refractivity contribution in [2.24, 2.45) is 0 Å². The first kappa shape index (κ1) is 8.07. The van der Waals surface area contributed by atoms with Crippen molar-refractivity contribution in [3.8, 4) is 0 Å². The number of benzene rings is 1. The highest BCUT2D eigenvalue weighted by Crippen LogP contribution is 2.29. The van der Waals surface area contributed by atoms with Crippen LogP contribution in [0.5, 0.6) is 0 Å². The van der Waals surface area contributed by atoms with E-state index in [1.807, 2.05) is 0 Å². The van der Waals surface area contributed by atoms with Crippen molar-refractivity contribution in [2.45, 2.75) is 0 Å². The van der Waals surface area contributed by atoms with Gasteiger partial charge in [-0.1, -0.05) is 11.6 Å². The van der Waals surface area contributed by atoms with E-state index in [4.69, 9.17) is 23.1 Å². The summed E-state index contributed by atoms with van der Waals surface area (Å²) in [5.74, 6) is -1.81. The second-order valence-electron chi connectivity index (χ2n) is 1.98. The number of hydrogen-bond donors (Lipinski definition) is 2. The Balaban J connectivity index is 3.46. The van der Waals surface area contributed by atoms with Gasteiger partial charge in [-0.05, 0) is 0 Å². The van der Waals surface area contributed by atoms with Gasteiger partial charge < -0.3 is 11.5 Å². The molecule has 0 aliphatic carbocycles. The second kappa shape index (κ2) is 2.54. The summed E-state index contributed by atoms with van der Waals surface area (Å²) in [4.78, 5) is 0. The summed E-state index contributed by atoms with van der Waals surface area (Å²) >= 11 is 5.31. The van der Waals surface area contributed by atoms with Crippen LogP contribution in [0.4, 0.5) is 20.2 Å². The van der Waals surface area contributed by atoms with Crippen LogP contribution in [0.25, 0.3) is 0 Å². The Hall–Kier alpha value is -1.03. The third-order valence-electron chi connectivity index (χ3n) is 1.25. The fraction of sp³-hybridized carbons (Fsp3) is 0. The molecule has 0 atom stereocenters. The van der Waals surface area contributed by atoms with E-state index < -0.39 is 11.6 Å². The Labute approximate surface area is 66.7 Å². The molecule has 0 spiro atoms. The summed E-state index contributed by atoms with van der Waals surface area (Å²) in [7, 11) is 0. The van der Waals surface area contributed by atoms with Crippen LogP contribution in [-0.4, -0.2) is 0 Å². The molecule has 0 heterocycles. The second-order valence-corrected chi connectivity index (χ2v) is 2.36. The zero-order valence-corrected chi connectivity index (χ0v) is 6.12. The zero-order chi connectivity index (χ0) is 8.59. The Bertz CT molecular complexity index is 275. The summed E-state index contributed by atoms with van der Waals surface area (Å²) in [6.45, 7) is 0. The van der Waals surface area contributed by atoms with Gasteiger partial charge >= 0.3 is 0 Å². The molecule has 0 amide bonds. The first-order chi connectivity index (χ1) is 5.04. The molecule has 0 aromatic heterocycles. The molecule has 0 radical (unpaired) electrons. The van der Waals surface area contributed by atoms with Crippen molar-refractivity contribution in [1.82, 2.24) is 0 Å². The molecule has 11 heavy (non-hydrogen) atoms. The molecule has 0 fully saturated rings. The molecule has 5 heteroatoms. The predicted molar refractivity (Wildman–Crippen MR) is 40.2 cm³/mol. The van der Waals surface area contributed by atoms with Gasteiger partial charge in [0, 0.05) is 6.07 Å². The van der Waals surface area contributed by atoms with Gasteiger partial charge in [0.05, 0.1) is 11.4 Å². The average molecular weight is 179 g/mol. The Kier molecular flexibility index (Phi) is 1.87. The van der Waals surface area contributed by atoms with Gasteiger partial charge in [-0.3, -0.25) is 0 Å². The minimum atomic E-state index is -0.907. The molecule has 0 bridgehead atoms. The SMILES string of the molecule is Nc1c(F)cc(F)c(Cl)c1N. The molecule has 0 aliphatic heterocycles. The monoisotopic (exact) mass is 178 g/mol. The third-order valence-corrected chi connectivity index (χ3v) is 1.63. The Morgan fingerprint density at radius 1 is 1.09 bits per heavy atom. The number of halogens is 3. The smallest absolute Gasteiger partial charge is 0.151 e. The molecular formula is C6H5ClF2N2. The molecular weight excluding hydrogens is 174 g/mol. The lowest BCUT2D eigenvalue weighted by molar-refractivity contribution is 0.587. The molecule has 0 saturated carbocycles. The fourth-order valence-corrected chi connectivity index (χ4v) is 0.784. The topological polar surface area (TPSA) is 52.0 Å². The van der Waals surface area contributed by atoms with Crippen LogP contribution in [0.15, 0.2) is 6.07 Å². The van der Waals surface area contributed by atoms with Crippen LogP contribution in [0.1, 0.15) is 0 Å². The van der Waals surface area contributed by atoms with Crippen LogP contribution >= 0.6 is 11.6 Å². The number of nitrogen functional groups attached to an aromatic ring is 2. The van der Waals surface area contributed by atoms with Crippen molar-refractivity contribution in [1.29, 1.82) is 0 Å². The van der Waals surface area contributed by atoms with Crippen LogP contribution < -0.4 is 11.5 Å². The summed E-state index contributed by atoms with van der Waals surface area (Å²) in [5, 5.41) is -0.344. The van der Waals surface area contributed by atoms with E-state index in [0.29, 0.717) is 6.07 Å². The van der Waals surface area contributed by atoms with Gasteiger partial charge in [-0.2, -0.15) is 0 Å². The molecule has 0 unspecified atom stereocenters. The molecule has 1 aromatic carbocycles. The minimum Gasteiger partial charge on any atom is -0.396 e. The number of anilines is 2. The predicted octanol–water partition coefficient (Wildman–Crippen LogP) is 1.78. The summed E-state index contributed by atoms with van der Waals surface area (Å²) in [6, 6.07) is 0.591. The van der Waals surface area contributed by atoms with Gasteiger partial charge in [-0.25, -0.2) is 8.78 Å². The van der Waals surface area contributed by atoms with E-state index >= 15 is 0 Å². The number of hydrogen-bond acceptors (Lipinski definition) is 2. The van der Waals surface area contributed by atoms with E-state index in [1.54, 1.807) is 0 Å². The largest absolute Gasteiger partial charge is 0.396 e. The van der Waals surface area contributed by atoms with Crippen LogP contribution in [0, 0.1) is 11.6 Å². The summed E-state index contributed by atoms with van der Waals surface area (Å²) in [5.41, 5.74) is 9.66. The normalized spacial score (nSPS) is 10.1. The maximum absolute atomic E-state index is 12.5. The van der Waals surface area contributed by atoms with Crippen LogP contribution in [-0.2, 0) is 0 Å². The first-order valence-electron chi connectivity index (χ1n) is 2.72. The molecule has 60 valence electrons. The zero-order valence-electron chi connectivity index (χ0n) is 5.37. The molecule has 0 aliphatic rings. The van der Waals surface area contributed by atoms with Gasteiger partial charge in [0.15, 0.2) is 5.82 Å². The molecule has 4 N–H and O–H groups in total. The van der Waals surface area contributed by atoms with Gasteiger partial charge in [0.25, 0.3) is 0 Å². The quantitative estimate of drug-likeness (QED) is 0.470. The number of nitrogens with two attached hydrogens (primary N) is 2. The van der Waals surface area contributed by atoms with E-state index in [9.17, 15) is 8.78 Å². The molecule has 2 nitrogen and oxygen atoms in total. The fourth-order valence-electron chi connectivity index (χ4n) is 0.628. The molecule has 0 saturated heterocycles. The van der Waals surface area contributed by atoms with Crippen LogP contribution in [0.3, 0.4) is 0 Å². The lowest BCUT2D eigenvalue weighted by Crippen LogP contribution is -2.00. The highest BCUT2D eigenvalue weighted by molar-refractivity contribution is 6.33. The third kappa shape index (κ3) is 1.21. The Morgan fingerprint density at radius 3 is 2.18 bits per heavy atom. The molecule has 1 aromatic rings. The summed E-state index contributed by atoms with van der Waals surface area (Å²) < 4.78 is 25.0. The van der Waals surface area contributed by atoms with E-state index in [0.717, 1.165) is 0 Å². The number of rotatable bonds is 0. The maximum atomic E-state index is 12.5. The van der Waals surface area contributed by atoms with E-state index in [2.05, 4.69) is 0 Å². The van der Waals surface area contributed by atoms with Crippen molar-refractivity contribution in [3.63, 3.8) is 0 Å². The van der Waals surface area contributed by atoms with Gasteiger partial charge in [0.1, 0.15) is 10.8 Å². The standard InChI is InChI=1S/C6H5ClF2N2/c7-4-2(8)1-3(9)5(10)6(4)11/h1H,10-11H2. The van der Waals surface area contributed by atoms with Crippen molar-refractivity contribution in [2.75, 3.05) is 11.5 Å². The lowest BCUT2D eigenvalue weighted by atomic mass is 10.2. The van der Waals surface area contributed by atoms with Crippen molar-refractivity contribution < 1.29 is 8.78 Å². The average Bonchev–Trinajstić information content (AvgIpc) is 1.97. The van der Waals surface area contributed by atoms with Crippen molar-refractivity contribution >= 4 is 23.0 Å². The highest BCUT2D eigenvalue weighted by Gasteiger charge is 2.11. The van der Waals surface area contributed by atoms with Gasteiger partial charge in [-0.15, -0.1) is 0 Å². The lowest BCUT2D eigenvalue weighted by Gasteiger charge is -2.03. The summed E-state index contributed by atoms with van der Waals surface area (Å²) in [6.07, 6.45) is 0. The molecule has 1 rings (SSSR count). The highest BCUT2D eigenvalue weighted by atomic mass is 35.5. The minimum absolute atomic E-state index is 0.260. The van der Waals surface area contributed by atoms with Crippen molar-refractivity contribution in [3.05, 3.63) is 22.7 Å². The first-order valence-corrected chi connectivity index (χ1v) is 3.10. The Morgan fingerprint density at radius 2 is 1.64 bits per heavy atom. The van der Waals surface area contributed by atoms with E-state index in [-0.39, 0.29) is 16.4 Å². The van der Waals surface area contributed by atoms with Gasteiger partial charge in [0.2, 0.25) is 0 Å². The van der Waals surface area contributed by atoms with Crippen LogP contribution in [0.2, 0.25) is 5.02 Å². The maximum Gasteiger partial charge on any atom is 0.151 e. The van der Waals surface area contributed by atoms with E-state index in [1.165, 1.54) is 0 Å².